The third-order valence-electron chi connectivity index (χ3n) is 4.09. The van der Waals surface area contributed by atoms with Crippen molar-refractivity contribution in [3.8, 4) is 0 Å². The van der Waals surface area contributed by atoms with E-state index < -0.39 is 5.91 Å². The summed E-state index contributed by atoms with van der Waals surface area (Å²) in [7, 11) is 0. The lowest BCUT2D eigenvalue weighted by atomic mass is 10.1. The van der Waals surface area contributed by atoms with Crippen LogP contribution in [-0.4, -0.2) is 27.0 Å². The van der Waals surface area contributed by atoms with Gasteiger partial charge in [0, 0.05) is 15.6 Å². The van der Waals surface area contributed by atoms with Gasteiger partial charge in [-0.3, -0.25) is 10.2 Å². The fourth-order valence-corrected chi connectivity index (χ4v) is 4.13. The number of aryl methyl sites for hydroxylation is 1. The third kappa shape index (κ3) is 3.32. The van der Waals surface area contributed by atoms with E-state index in [4.69, 9.17) is 28.6 Å². The molecule has 1 N–H and O–H groups in total. The molecule has 0 radical (unpaired) electrons. The summed E-state index contributed by atoms with van der Waals surface area (Å²) in [6.07, 6.45) is 1.54. The molecule has 2 heterocycles. The van der Waals surface area contributed by atoms with E-state index in [1.54, 1.807) is 18.2 Å². The number of amides is 1. The van der Waals surface area contributed by atoms with E-state index in [1.807, 2.05) is 31.2 Å². The second-order valence-electron chi connectivity index (χ2n) is 5.91. The number of nitrogens with one attached hydrogen (secondary N) is 1. The summed E-state index contributed by atoms with van der Waals surface area (Å²) in [4.78, 5) is 16.6. The Hall–Kier alpha value is -2.41. The Morgan fingerprint density at radius 1 is 1.19 bits per heavy atom. The number of aliphatic imine (C=N–C) groups is 1. The van der Waals surface area contributed by atoms with Crippen LogP contribution in [0.2, 0.25) is 10.0 Å². The van der Waals surface area contributed by atoms with Gasteiger partial charge in [-0.15, -0.1) is 0 Å². The van der Waals surface area contributed by atoms with E-state index in [0.29, 0.717) is 25.8 Å². The number of carbonyl (C=O) groups excluding carboxylic acids is 1. The van der Waals surface area contributed by atoms with Gasteiger partial charge in [0.25, 0.3) is 5.91 Å². The number of nitrogens with zero attached hydrogens (tertiary/aromatic N) is 3. The summed E-state index contributed by atoms with van der Waals surface area (Å²) in [6.45, 7) is 1.99. The number of fused-ring (bicyclic) bond motifs is 1. The maximum absolute atomic E-state index is 12.5. The Labute approximate surface area is 169 Å². The lowest BCUT2D eigenvalue weighted by Crippen LogP contribution is -2.35. The fraction of sp³-hybridized carbons (Fsp3) is 0.0526. The van der Waals surface area contributed by atoms with Crippen molar-refractivity contribution in [3.63, 3.8) is 0 Å². The highest BCUT2D eigenvalue weighted by molar-refractivity contribution is 8.27. The second-order valence-corrected chi connectivity index (χ2v) is 7.71. The minimum absolute atomic E-state index is 0.0351. The van der Waals surface area contributed by atoms with Gasteiger partial charge >= 0.3 is 0 Å². The first kappa shape index (κ1) is 18.0. The van der Waals surface area contributed by atoms with Gasteiger partial charge in [-0.05, 0) is 48.0 Å². The summed E-state index contributed by atoms with van der Waals surface area (Å²) in [5.74, 6) is -0.530. The molecule has 8 heteroatoms. The molecule has 0 saturated heterocycles. The van der Waals surface area contributed by atoms with Crippen LogP contribution in [0.5, 0.6) is 0 Å². The zero-order chi connectivity index (χ0) is 19.1. The van der Waals surface area contributed by atoms with Gasteiger partial charge in [0.15, 0.2) is 5.84 Å². The van der Waals surface area contributed by atoms with Crippen LogP contribution in [0.25, 0.3) is 6.08 Å². The minimum atomic E-state index is -0.494. The Morgan fingerprint density at radius 2 is 1.96 bits per heavy atom. The van der Waals surface area contributed by atoms with Crippen LogP contribution in [-0.2, 0) is 4.79 Å². The lowest BCUT2D eigenvalue weighted by Gasteiger charge is -2.20. The van der Waals surface area contributed by atoms with Gasteiger partial charge in [-0.25, -0.2) is 0 Å². The smallest absolute Gasteiger partial charge is 0.282 e. The molecule has 1 amide bonds. The fourth-order valence-electron chi connectivity index (χ4n) is 2.69. The Morgan fingerprint density at radius 3 is 2.70 bits per heavy atom. The number of carbonyl (C=O) groups is 1. The molecule has 5 nitrogen and oxygen atoms in total. The summed E-state index contributed by atoms with van der Waals surface area (Å²) in [5.41, 5.74) is 2.72. The zero-order valence-corrected chi connectivity index (χ0v) is 16.4. The molecule has 0 atom stereocenters. The van der Waals surface area contributed by atoms with Crippen LogP contribution in [0, 0.1) is 12.3 Å². The molecule has 134 valence electrons. The van der Waals surface area contributed by atoms with Crippen molar-refractivity contribution in [2.75, 3.05) is 0 Å². The first-order valence-corrected chi connectivity index (χ1v) is 9.52. The van der Waals surface area contributed by atoms with E-state index in [1.165, 1.54) is 22.8 Å². The molecule has 0 aliphatic carbocycles. The van der Waals surface area contributed by atoms with Crippen LogP contribution >= 0.6 is 35.0 Å². The van der Waals surface area contributed by atoms with Gasteiger partial charge in [-0.1, -0.05) is 53.5 Å². The quantitative estimate of drug-likeness (QED) is 0.705. The molecule has 0 saturated carbocycles. The number of hydrogen-bond donors (Lipinski definition) is 1. The van der Waals surface area contributed by atoms with Crippen LogP contribution < -0.4 is 0 Å². The van der Waals surface area contributed by atoms with E-state index in [-0.39, 0.29) is 11.4 Å². The zero-order valence-electron chi connectivity index (χ0n) is 14.0. The Kier molecular flexibility index (Phi) is 4.63. The number of rotatable bonds is 2. The molecule has 0 bridgehead atoms. The summed E-state index contributed by atoms with van der Waals surface area (Å²) in [5, 5.41) is 16.3. The molecule has 2 aliphatic rings. The maximum Gasteiger partial charge on any atom is 0.283 e. The first-order valence-electron chi connectivity index (χ1n) is 7.95. The number of benzene rings is 2. The normalized spacial score (nSPS) is 17.9. The molecule has 0 spiro atoms. The van der Waals surface area contributed by atoms with Crippen molar-refractivity contribution in [1.82, 2.24) is 5.01 Å². The Bertz CT molecular complexity index is 1090. The van der Waals surface area contributed by atoms with Gasteiger partial charge < -0.3 is 0 Å². The van der Waals surface area contributed by atoms with Crippen LogP contribution in [0.15, 0.2) is 58.1 Å². The molecule has 4 rings (SSSR count). The van der Waals surface area contributed by atoms with Gasteiger partial charge in [0.05, 0.1) is 5.57 Å². The molecular formula is C19H12Cl2N4OS. The van der Waals surface area contributed by atoms with Crippen molar-refractivity contribution in [1.29, 1.82) is 5.41 Å². The van der Waals surface area contributed by atoms with Crippen molar-refractivity contribution in [3.05, 3.63) is 74.8 Å². The van der Waals surface area contributed by atoms with E-state index >= 15 is 0 Å². The Balaban J connectivity index is 1.72. The highest BCUT2D eigenvalue weighted by atomic mass is 35.5. The second kappa shape index (κ2) is 6.96. The average molecular weight is 415 g/mol. The number of hydrogen-bond acceptors (Lipinski definition) is 4. The molecule has 0 unspecified atom stereocenters. The van der Waals surface area contributed by atoms with Gasteiger partial charge in [-0.2, -0.15) is 15.1 Å². The van der Waals surface area contributed by atoms with Crippen molar-refractivity contribution < 1.29 is 4.79 Å². The van der Waals surface area contributed by atoms with Crippen LogP contribution in [0.4, 0.5) is 0 Å². The van der Waals surface area contributed by atoms with Crippen LogP contribution in [0.3, 0.4) is 0 Å². The highest BCUT2D eigenvalue weighted by Gasteiger charge is 2.36. The molecule has 2 aliphatic heterocycles. The number of thioether (sulfide) groups is 1. The molecular weight excluding hydrogens is 403 g/mol. The van der Waals surface area contributed by atoms with Crippen molar-refractivity contribution in [2.45, 2.75) is 6.92 Å². The highest BCUT2D eigenvalue weighted by Crippen LogP contribution is 2.32. The van der Waals surface area contributed by atoms with Gasteiger partial charge in [0.2, 0.25) is 5.17 Å². The summed E-state index contributed by atoms with van der Waals surface area (Å²) in [6, 6.07) is 12.8. The molecule has 2 aromatic carbocycles. The van der Waals surface area contributed by atoms with Gasteiger partial charge in [0.1, 0.15) is 5.04 Å². The number of hydrazone groups is 1. The summed E-state index contributed by atoms with van der Waals surface area (Å²) < 4.78 is 0. The molecule has 0 fully saturated rings. The third-order valence-corrected chi connectivity index (χ3v) is 5.60. The topological polar surface area (TPSA) is 68.9 Å². The van der Waals surface area contributed by atoms with Crippen LogP contribution in [0.1, 0.15) is 16.7 Å². The van der Waals surface area contributed by atoms with E-state index in [0.717, 1.165) is 11.1 Å². The minimum Gasteiger partial charge on any atom is -0.282 e. The van der Waals surface area contributed by atoms with E-state index in [9.17, 15) is 4.79 Å². The largest absolute Gasteiger partial charge is 0.283 e. The summed E-state index contributed by atoms with van der Waals surface area (Å²) >= 11 is 13.4. The first-order chi connectivity index (χ1) is 12.9. The standard InChI is InChI=1S/C19H12Cl2N4OS/c1-10-4-2-3-5-13(10)18-24-25-16(22)14(17(26)23-19(25)27-18)8-11-6-7-12(20)9-15(11)21/h2-9,22H,1H3/b14-8-,22-16?. The monoisotopic (exact) mass is 414 g/mol. The SMILES string of the molecule is Cc1ccccc1C1=NN2C(=N)/C(=C/c3ccc(Cl)cc3Cl)C(=O)N=C2S1. The molecule has 27 heavy (non-hydrogen) atoms. The predicted molar refractivity (Wildman–Crippen MR) is 112 cm³/mol. The molecule has 2 aromatic rings. The van der Waals surface area contributed by atoms with Crippen molar-refractivity contribution in [2.24, 2.45) is 10.1 Å². The van der Waals surface area contributed by atoms with Crippen molar-refractivity contribution >= 4 is 63.0 Å². The predicted octanol–water partition coefficient (Wildman–Crippen LogP) is 4.97. The number of amidine groups is 2. The average Bonchev–Trinajstić information content (AvgIpc) is 3.04. The number of halogens is 2. The molecule has 0 aromatic heterocycles. The lowest BCUT2D eigenvalue weighted by molar-refractivity contribution is -0.114. The maximum atomic E-state index is 12.5. The van der Waals surface area contributed by atoms with E-state index in [2.05, 4.69) is 10.1 Å².